The molecule has 2 amide bonds. The smallest absolute Gasteiger partial charge is 0.243 e. The summed E-state index contributed by atoms with van der Waals surface area (Å²) in [5.41, 5.74) is 1.05. The van der Waals surface area contributed by atoms with Gasteiger partial charge in [-0.05, 0) is 42.5 Å². The first-order chi connectivity index (χ1) is 13.9. The minimum atomic E-state index is -0.399. The number of hydrogen-bond acceptors (Lipinski definition) is 4. The highest BCUT2D eigenvalue weighted by molar-refractivity contribution is 7.99. The normalized spacial score (nSPS) is 10.6. The zero-order valence-corrected chi connectivity index (χ0v) is 16.3. The minimum absolute atomic E-state index is 0.0622. The summed E-state index contributed by atoms with van der Waals surface area (Å²) < 4.78 is 28.0. The Bertz CT molecular complexity index is 1010. The number of nitrogens with zero attached hydrogens (tertiary/aromatic N) is 3. The van der Waals surface area contributed by atoms with Crippen molar-refractivity contribution < 1.29 is 18.4 Å². The second kappa shape index (κ2) is 9.33. The van der Waals surface area contributed by atoms with Crippen LogP contribution in [0.2, 0.25) is 0 Å². The molecule has 29 heavy (non-hydrogen) atoms. The largest absolute Gasteiger partial charge is 0.336 e. The van der Waals surface area contributed by atoms with E-state index in [0.29, 0.717) is 16.5 Å². The lowest BCUT2D eigenvalue weighted by Crippen LogP contribution is -2.36. The zero-order chi connectivity index (χ0) is 20.8. The number of nitrogens with one attached hydrogen (secondary N) is 1. The lowest BCUT2D eigenvalue weighted by atomic mass is 10.3. The standard InChI is InChI=1S/C20H18F2N4O2S/c1-25(12-18(27)24-16-7-5-14(21)6-8-16)19(28)13-29-20-23-9-10-26(20)17-4-2-3-15(22)11-17/h2-11H,12-13H2,1H3,(H,24,27). The summed E-state index contributed by atoms with van der Waals surface area (Å²) in [7, 11) is 1.52. The average molecular weight is 416 g/mol. The average Bonchev–Trinajstić information content (AvgIpc) is 3.16. The third-order valence-corrected chi connectivity index (χ3v) is 4.90. The highest BCUT2D eigenvalue weighted by atomic mass is 32.2. The number of hydrogen-bond donors (Lipinski definition) is 1. The molecule has 0 unspecified atom stereocenters. The fraction of sp³-hybridized carbons (Fsp3) is 0.150. The van der Waals surface area contributed by atoms with Gasteiger partial charge in [-0.3, -0.25) is 14.2 Å². The molecule has 0 radical (unpaired) electrons. The van der Waals surface area contributed by atoms with E-state index in [0.717, 1.165) is 0 Å². The number of carbonyl (C=O) groups excluding carboxylic acids is 2. The first-order valence-corrected chi connectivity index (χ1v) is 9.62. The van der Waals surface area contributed by atoms with Crippen molar-refractivity contribution in [2.75, 3.05) is 24.7 Å². The Morgan fingerprint density at radius 1 is 1.14 bits per heavy atom. The van der Waals surface area contributed by atoms with Crippen LogP contribution in [0, 0.1) is 11.6 Å². The topological polar surface area (TPSA) is 67.2 Å². The van der Waals surface area contributed by atoms with Crippen LogP contribution < -0.4 is 5.32 Å². The van der Waals surface area contributed by atoms with E-state index in [9.17, 15) is 18.4 Å². The monoisotopic (exact) mass is 416 g/mol. The zero-order valence-electron chi connectivity index (χ0n) is 15.5. The summed E-state index contributed by atoms with van der Waals surface area (Å²) in [4.78, 5) is 29.9. The summed E-state index contributed by atoms with van der Waals surface area (Å²) in [6.07, 6.45) is 3.25. The SMILES string of the molecule is CN(CC(=O)Nc1ccc(F)cc1)C(=O)CSc1nccn1-c1cccc(F)c1. The van der Waals surface area contributed by atoms with Gasteiger partial charge in [0.05, 0.1) is 18.0 Å². The van der Waals surface area contributed by atoms with Gasteiger partial charge in [-0.15, -0.1) is 0 Å². The van der Waals surface area contributed by atoms with E-state index in [1.54, 1.807) is 29.1 Å². The lowest BCUT2D eigenvalue weighted by molar-refractivity contribution is -0.131. The molecule has 0 bridgehead atoms. The molecule has 3 rings (SSSR count). The Morgan fingerprint density at radius 3 is 2.62 bits per heavy atom. The molecule has 0 saturated carbocycles. The van der Waals surface area contributed by atoms with Gasteiger partial charge in [0.15, 0.2) is 5.16 Å². The van der Waals surface area contributed by atoms with Crippen molar-refractivity contribution in [3.05, 3.63) is 72.6 Å². The summed E-state index contributed by atoms with van der Waals surface area (Å²) >= 11 is 1.19. The molecule has 0 atom stereocenters. The number of halogens is 2. The highest BCUT2D eigenvalue weighted by Gasteiger charge is 2.15. The maximum atomic E-state index is 13.5. The number of aromatic nitrogens is 2. The third kappa shape index (κ3) is 5.64. The van der Waals surface area contributed by atoms with Crippen LogP contribution in [0.5, 0.6) is 0 Å². The summed E-state index contributed by atoms with van der Waals surface area (Å²) in [6, 6.07) is 11.4. The third-order valence-electron chi connectivity index (χ3n) is 3.95. The summed E-state index contributed by atoms with van der Waals surface area (Å²) in [5, 5.41) is 3.14. The molecule has 1 N–H and O–H groups in total. The van der Waals surface area contributed by atoms with Gasteiger partial charge >= 0.3 is 0 Å². The van der Waals surface area contributed by atoms with Gasteiger partial charge in [-0.1, -0.05) is 17.8 Å². The molecule has 1 aromatic heterocycles. The minimum Gasteiger partial charge on any atom is -0.336 e. The molecule has 0 saturated heterocycles. The highest BCUT2D eigenvalue weighted by Crippen LogP contribution is 2.21. The van der Waals surface area contributed by atoms with E-state index in [1.807, 2.05) is 0 Å². The van der Waals surface area contributed by atoms with Crippen LogP contribution in [-0.4, -0.2) is 45.6 Å². The Hall–Kier alpha value is -3.20. The molecule has 3 aromatic rings. The molecule has 2 aromatic carbocycles. The Labute approximate surface area is 170 Å². The van der Waals surface area contributed by atoms with E-state index < -0.39 is 11.7 Å². The maximum absolute atomic E-state index is 13.5. The van der Waals surface area contributed by atoms with Crippen LogP contribution in [0.4, 0.5) is 14.5 Å². The van der Waals surface area contributed by atoms with Crippen LogP contribution in [0.3, 0.4) is 0 Å². The fourth-order valence-corrected chi connectivity index (χ4v) is 3.41. The maximum Gasteiger partial charge on any atom is 0.243 e. The number of anilines is 1. The molecule has 6 nitrogen and oxygen atoms in total. The quantitative estimate of drug-likeness (QED) is 0.600. The molecule has 0 fully saturated rings. The summed E-state index contributed by atoms with van der Waals surface area (Å²) in [6.45, 7) is -0.144. The van der Waals surface area contributed by atoms with Crippen LogP contribution in [-0.2, 0) is 9.59 Å². The van der Waals surface area contributed by atoms with Gasteiger partial charge in [0.1, 0.15) is 11.6 Å². The molecule has 0 aliphatic rings. The van der Waals surface area contributed by atoms with Gasteiger partial charge in [0, 0.05) is 25.1 Å². The van der Waals surface area contributed by atoms with Crippen molar-refractivity contribution in [2.45, 2.75) is 5.16 Å². The summed E-state index contributed by atoms with van der Waals surface area (Å²) in [5.74, 6) is -1.36. The number of rotatable bonds is 7. The fourth-order valence-electron chi connectivity index (χ4n) is 2.49. The lowest BCUT2D eigenvalue weighted by Gasteiger charge is -2.16. The molecule has 1 heterocycles. The number of amides is 2. The van der Waals surface area contributed by atoms with E-state index >= 15 is 0 Å². The van der Waals surface area contributed by atoms with E-state index in [-0.39, 0.29) is 24.0 Å². The molecular formula is C20H18F2N4O2S. The molecule has 0 aliphatic carbocycles. The van der Waals surface area contributed by atoms with Gasteiger partial charge in [0.2, 0.25) is 11.8 Å². The predicted molar refractivity (Wildman–Crippen MR) is 107 cm³/mol. The van der Waals surface area contributed by atoms with Crippen LogP contribution in [0.15, 0.2) is 66.1 Å². The van der Waals surface area contributed by atoms with Crippen LogP contribution >= 0.6 is 11.8 Å². The van der Waals surface area contributed by atoms with E-state index in [2.05, 4.69) is 10.3 Å². The Morgan fingerprint density at radius 2 is 1.90 bits per heavy atom. The first kappa shape index (κ1) is 20.5. The number of thioether (sulfide) groups is 1. The molecule has 9 heteroatoms. The van der Waals surface area contributed by atoms with Crippen molar-refractivity contribution in [1.29, 1.82) is 0 Å². The second-order valence-electron chi connectivity index (χ2n) is 6.15. The predicted octanol–water partition coefficient (Wildman–Crippen LogP) is 3.34. The molecule has 0 spiro atoms. The van der Waals surface area contributed by atoms with Gasteiger partial charge < -0.3 is 10.2 Å². The molecule has 0 aliphatic heterocycles. The number of imidazole rings is 1. The van der Waals surface area contributed by atoms with Crippen molar-refractivity contribution in [3.8, 4) is 5.69 Å². The van der Waals surface area contributed by atoms with Gasteiger partial charge in [0.25, 0.3) is 0 Å². The van der Waals surface area contributed by atoms with E-state index in [4.69, 9.17) is 0 Å². The van der Waals surface area contributed by atoms with E-state index in [1.165, 1.54) is 60.1 Å². The number of likely N-dealkylation sites (N-methyl/N-ethyl adjacent to an activating group) is 1. The van der Waals surface area contributed by atoms with Crippen LogP contribution in [0.1, 0.15) is 0 Å². The van der Waals surface area contributed by atoms with Gasteiger partial charge in [-0.25, -0.2) is 13.8 Å². The Balaban J connectivity index is 1.53. The van der Waals surface area contributed by atoms with Crippen molar-refractivity contribution in [2.24, 2.45) is 0 Å². The van der Waals surface area contributed by atoms with Crippen LogP contribution in [0.25, 0.3) is 5.69 Å². The Kier molecular flexibility index (Phi) is 6.61. The van der Waals surface area contributed by atoms with Crippen molar-refractivity contribution in [3.63, 3.8) is 0 Å². The first-order valence-electron chi connectivity index (χ1n) is 8.64. The number of benzene rings is 2. The molecular weight excluding hydrogens is 398 g/mol. The van der Waals surface area contributed by atoms with Crippen molar-refractivity contribution in [1.82, 2.24) is 14.5 Å². The molecule has 150 valence electrons. The van der Waals surface area contributed by atoms with Gasteiger partial charge in [-0.2, -0.15) is 0 Å². The van der Waals surface area contributed by atoms with Crippen molar-refractivity contribution >= 4 is 29.3 Å². The number of carbonyl (C=O) groups is 2. The second-order valence-corrected chi connectivity index (χ2v) is 7.10.